The summed E-state index contributed by atoms with van der Waals surface area (Å²) in [5.74, 6) is 0.0937. The van der Waals surface area contributed by atoms with Crippen molar-refractivity contribution in [1.29, 1.82) is 0 Å². The standard InChI is InChI=1S/C15H14ClNO4/c16-11-2-4-12(5-3-11)20-7-8-21-14-6-1-10(15(18)19)9-13(14)17/h1-6,9H,7-8,17H2,(H,18,19). The fourth-order valence-corrected chi connectivity index (χ4v) is 1.78. The Morgan fingerprint density at radius 2 is 1.76 bits per heavy atom. The molecule has 0 aromatic heterocycles. The van der Waals surface area contributed by atoms with Crippen LogP contribution in [0.15, 0.2) is 42.5 Å². The molecule has 21 heavy (non-hydrogen) atoms. The third kappa shape index (κ3) is 4.29. The third-order valence-corrected chi connectivity index (χ3v) is 2.93. The average molecular weight is 308 g/mol. The van der Waals surface area contributed by atoms with Gasteiger partial charge in [0.1, 0.15) is 24.7 Å². The molecule has 0 bridgehead atoms. The van der Waals surface area contributed by atoms with Crippen LogP contribution in [0, 0.1) is 0 Å². The lowest BCUT2D eigenvalue weighted by Gasteiger charge is -2.10. The number of rotatable bonds is 6. The van der Waals surface area contributed by atoms with Crippen molar-refractivity contribution in [3.05, 3.63) is 53.1 Å². The van der Waals surface area contributed by atoms with Gasteiger partial charge in [-0.15, -0.1) is 0 Å². The summed E-state index contributed by atoms with van der Waals surface area (Å²) in [5.41, 5.74) is 6.13. The quantitative estimate of drug-likeness (QED) is 0.633. The molecule has 2 aromatic rings. The van der Waals surface area contributed by atoms with Crippen LogP contribution < -0.4 is 15.2 Å². The zero-order valence-electron chi connectivity index (χ0n) is 11.1. The fraction of sp³-hybridized carbons (Fsp3) is 0.133. The number of nitrogen functional groups attached to an aromatic ring is 1. The summed E-state index contributed by atoms with van der Waals surface area (Å²) in [4.78, 5) is 10.8. The second kappa shape index (κ2) is 6.85. The molecule has 3 N–H and O–H groups in total. The van der Waals surface area contributed by atoms with Crippen molar-refractivity contribution in [3.63, 3.8) is 0 Å². The van der Waals surface area contributed by atoms with E-state index >= 15 is 0 Å². The van der Waals surface area contributed by atoms with E-state index < -0.39 is 5.97 Å². The minimum absolute atomic E-state index is 0.122. The number of carboxylic acid groups (broad SMARTS) is 1. The summed E-state index contributed by atoms with van der Waals surface area (Å²) in [6.45, 7) is 0.626. The normalized spacial score (nSPS) is 10.1. The number of carboxylic acids is 1. The van der Waals surface area contributed by atoms with Crippen molar-refractivity contribution in [2.24, 2.45) is 0 Å². The molecule has 0 fully saturated rings. The van der Waals surface area contributed by atoms with Gasteiger partial charge in [0.15, 0.2) is 0 Å². The molecule has 0 radical (unpaired) electrons. The van der Waals surface area contributed by atoms with Crippen LogP contribution in [0.5, 0.6) is 11.5 Å². The first-order chi connectivity index (χ1) is 10.1. The van der Waals surface area contributed by atoms with Crippen molar-refractivity contribution in [3.8, 4) is 11.5 Å². The van der Waals surface area contributed by atoms with Gasteiger partial charge in [-0.05, 0) is 42.5 Å². The highest BCUT2D eigenvalue weighted by molar-refractivity contribution is 6.30. The molecular weight excluding hydrogens is 294 g/mol. The molecule has 2 aromatic carbocycles. The Labute approximate surface area is 126 Å². The number of anilines is 1. The van der Waals surface area contributed by atoms with Crippen LogP contribution >= 0.6 is 11.6 Å². The van der Waals surface area contributed by atoms with E-state index in [-0.39, 0.29) is 11.3 Å². The molecule has 6 heteroatoms. The smallest absolute Gasteiger partial charge is 0.335 e. The second-order valence-corrected chi connectivity index (χ2v) is 4.65. The van der Waals surface area contributed by atoms with Crippen LogP contribution in [0.4, 0.5) is 5.69 Å². The zero-order chi connectivity index (χ0) is 15.2. The number of benzene rings is 2. The maximum atomic E-state index is 10.8. The van der Waals surface area contributed by atoms with E-state index in [1.165, 1.54) is 18.2 Å². The molecule has 0 saturated carbocycles. The van der Waals surface area contributed by atoms with Crippen LogP contribution in [-0.2, 0) is 0 Å². The molecule has 0 unspecified atom stereocenters. The van der Waals surface area contributed by atoms with E-state index in [1.807, 2.05) is 0 Å². The molecule has 0 atom stereocenters. The molecule has 0 heterocycles. The van der Waals surface area contributed by atoms with Crippen molar-refractivity contribution in [1.82, 2.24) is 0 Å². The van der Waals surface area contributed by atoms with E-state index in [4.69, 9.17) is 31.9 Å². The molecule has 110 valence electrons. The Bertz CT molecular complexity index is 628. The van der Waals surface area contributed by atoms with Gasteiger partial charge in [-0.2, -0.15) is 0 Å². The number of halogens is 1. The Morgan fingerprint density at radius 3 is 2.38 bits per heavy atom. The molecule has 0 aliphatic carbocycles. The second-order valence-electron chi connectivity index (χ2n) is 4.21. The molecule has 2 rings (SSSR count). The van der Waals surface area contributed by atoms with E-state index in [0.29, 0.717) is 29.7 Å². The van der Waals surface area contributed by atoms with Gasteiger partial charge in [0.25, 0.3) is 0 Å². The number of carbonyl (C=O) groups is 1. The van der Waals surface area contributed by atoms with Crippen LogP contribution in [-0.4, -0.2) is 24.3 Å². The van der Waals surface area contributed by atoms with Crippen molar-refractivity contribution in [2.75, 3.05) is 18.9 Å². The molecule has 0 spiro atoms. The highest BCUT2D eigenvalue weighted by atomic mass is 35.5. The predicted octanol–water partition coefficient (Wildman–Crippen LogP) is 3.08. The largest absolute Gasteiger partial charge is 0.490 e. The Morgan fingerprint density at radius 1 is 1.10 bits per heavy atom. The van der Waals surface area contributed by atoms with Gasteiger partial charge in [-0.3, -0.25) is 0 Å². The van der Waals surface area contributed by atoms with Gasteiger partial charge < -0.3 is 20.3 Å². The maximum absolute atomic E-state index is 10.8. The number of ether oxygens (including phenoxy) is 2. The van der Waals surface area contributed by atoms with Gasteiger partial charge in [-0.1, -0.05) is 11.6 Å². The van der Waals surface area contributed by atoms with Crippen LogP contribution in [0.2, 0.25) is 5.02 Å². The molecule has 0 aliphatic rings. The van der Waals surface area contributed by atoms with E-state index in [2.05, 4.69) is 0 Å². The lowest BCUT2D eigenvalue weighted by Crippen LogP contribution is -2.10. The van der Waals surface area contributed by atoms with E-state index in [0.717, 1.165) is 0 Å². The van der Waals surface area contributed by atoms with Crippen molar-refractivity contribution >= 4 is 23.3 Å². The lowest BCUT2D eigenvalue weighted by molar-refractivity contribution is 0.0697. The van der Waals surface area contributed by atoms with Gasteiger partial charge in [-0.25, -0.2) is 4.79 Å². The summed E-state index contributed by atoms with van der Waals surface area (Å²) in [6, 6.07) is 11.3. The Balaban J connectivity index is 1.83. The van der Waals surface area contributed by atoms with Crippen LogP contribution in [0.25, 0.3) is 0 Å². The first-order valence-electron chi connectivity index (χ1n) is 6.20. The summed E-state index contributed by atoms with van der Waals surface area (Å²) in [7, 11) is 0. The van der Waals surface area contributed by atoms with Crippen molar-refractivity contribution < 1.29 is 19.4 Å². The SMILES string of the molecule is Nc1cc(C(=O)O)ccc1OCCOc1ccc(Cl)cc1. The maximum Gasteiger partial charge on any atom is 0.335 e. The fourth-order valence-electron chi connectivity index (χ4n) is 1.65. The lowest BCUT2D eigenvalue weighted by atomic mass is 10.2. The van der Waals surface area contributed by atoms with E-state index in [1.54, 1.807) is 24.3 Å². The van der Waals surface area contributed by atoms with Gasteiger partial charge in [0.05, 0.1) is 11.3 Å². The van der Waals surface area contributed by atoms with Crippen molar-refractivity contribution in [2.45, 2.75) is 0 Å². The van der Waals surface area contributed by atoms with Gasteiger partial charge in [0, 0.05) is 5.02 Å². The van der Waals surface area contributed by atoms with Crippen LogP contribution in [0.1, 0.15) is 10.4 Å². The topological polar surface area (TPSA) is 81.8 Å². The molecule has 0 aliphatic heterocycles. The number of aromatic carboxylic acids is 1. The minimum atomic E-state index is -1.03. The summed E-state index contributed by atoms with van der Waals surface area (Å²) < 4.78 is 10.9. The first-order valence-corrected chi connectivity index (χ1v) is 6.58. The third-order valence-electron chi connectivity index (χ3n) is 2.68. The highest BCUT2D eigenvalue weighted by Crippen LogP contribution is 2.22. The summed E-state index contributed by atoms with van der Waals surface area (Å²) >= 11 is 5.77. The monoisotopic (exact) mass is 307 g/mol. The molecule has 0 amide bonds. The zero-order valence-corrected chi connectivity index (χ0v) is 11.8. The van der Waals surface area contributed by atoms with Crippen LogP contribution in [0.3, 0.4) is 0 Å². The predicted molar refractivity (Wildman–Crippen MR) is 80.3 cm³/mol. The van der Waals surface area contributed by atoms with Gasteiger partial charge in [0.2, 0.25) is 0 Å². The number of hydrogen-bond acceptors (Lipinski definition) is 4. The first kappa shape index (κ1) is 15.0. The Kier molecular flexibility index (Phi) is 4.90. The van der Waals surface area contributed by atoms with Gasteiger partial charge >= 0.3 is 5.97 Å². The summed E-state index contributed by atoms with van der Waals surface area (Å²) in [5, 5.41) is 9.48. The summed E-state index contributed by atoms with van der Waals surface area (Å²) in [6.07, 6.45) is 0. The minimum Gasteiger partial charge on any atom is -0.490 e. The molecule has 5 nitrogen and oxygen atoms in total. The Hall–Kier alpha value is -2.40. The molecular formula is C15H14ClNO4. The highest BCUT2D eigenvalue weighted by Gasteiger charge is 2.07. The number of hydrogen-bond donors (Lipinski definition) is 2. The average Bonchev–Trinajstić information content (AvgIpc) is 2.46. The number of nitrogens with two attached hydrogens (primary N) is 1. The molecule has 0 saturated heterocycles. The van der Waals surface area contributed by atoms with E-state index in [9.17, 15) is 4.79 Å².